The Kier molecular flexibility index (Phi) is 6.27. The summed E-state index contributed by atoms with van der Waals surface area (Å²) in [7, 11) is 1.70. The van der Waals surface area contributed by atoms with E-state index in [0.29, 0.717) is 18.6 Å². The summed E-state index contributed by atoms with van der Waals surface area (Å²) in [6.07, 6.45) is 7.34. The van der Waals surface area contributed by atoms with E-state index in [1.54, 1.807) is 24.2 Å². The van der Waals surface area contributed by atoms with E-state index in [4.69, 9.17) is 11.6 Å². The average molecular weight is 516 g/mol. The lowest BCUT2D eigenvalue weighted by atomic mass is 10.1. The summed E-state index contributed by atoms with van der Waals surface area (Å²) in [5.74, 6) is -0.870. The van der Waals surface area contributed by atoms with Gasteiger partial charge in [-0.25, -0.2) is 9.50 Å². The number of nitrogens with one attached hydrogen (secondary N) is 1. The number of likely N-dealkylation sites (tertiary alicyclic amines) is 1. The zero-order chi connectivity index (χ0) is 25.4. The Balaban J connectivity index is 1.60. The van der Waals surface area contributed by atoms with Crippen molar-refractivity contribution in [2.75, 3.05) is 18.9 Å². The molecule has 1 unspecified atom stereocenters. The SMILES string of the molecule is CN1CCCC(n2cc(NC(=O)c3cnn4cccnc34)c(-c3cc(Cl)ccc3OC(F)F)n2)C1=O. The lowest BCUT2D eigenvalue weighted by Gasteiger charge is -2.29. The third-order valence-electron chi connectivity index (χ3n) is 5.87. The van der Waals surface area contributed by atoms with Crippen molar-refractivity contribution >= 4 is 34.7 Å². The summed E-state index contributed by atoms with van der Waals surface area (Å²) >= 11 is 6.16. The number of carbonyl (C=O) groups excluding carboxylic acids is 2. The smallest absolute Gasteiger partial charge is 0.387 e. The van der Waals surface area contributed by atoms with Crippen LogP contribution in [-0.2, 0) is 4.79 Å². The maximum absolute atomic E-state index is 13.2. The standard InChI is InChI=1S/C23H20ClF2N7O3/c1-31-8-2-4-17(22(31)35)33-12-16(29-21(34)15-11-28-32-9-3-7-27-20(15)32)19(30-33)14-10-13(24)5-6-18(14)36-23(25)26/h3,5-7,9-12,17,23H,2,4,8H2,1H3,(H,29,34). The van der Waals surface area contributed by atoms with E-state index >= 15 is 0 Å². The molecule has 36 heavy (non-hydrogen) atoms. The minimum absolute atomic E-state index is 0.118. The summed E-state index contributed by atoms with van der Waals surface area (Å²) in [6, 6.07) is 5.16. The Morgan fingerprint density at radius 1 is 1.33 bits per heavy atom. The number of carbonyl (C=O) groups is 2. The van der Waals surface area contributed by atoms with Crippen LogP contribution in [0.5, 0.6) is 5.75 Å². The highest BCUT2D eigenvalue weighted by atomic mass is 35.5. The summed E-state index contributed by atoms with van der Waals surface area (Å²) in [5.41, 5.74) is 0.950. The number of anilines is 1. The van der Waals surface area contributed by atoms with E-state index in [-0.39, 0.29) is 39.2 Å². The molecule has 0 bridgehead atoms. The topological polar surface area (TPSA) is 107 Å². The second kappa shape index (κ2) is 9.53. The van der Waals surface area contributed by atoms with Gasteiger partial charge in [-0.05, 0) is 37.1 Å². The molecule has 2 amide bonds. The van der Waals surface area contributed by atoms with Gasteiger partial charge in [0.2, 0.25) is 5.91 Å². The first-order valence-electron chi connectivity index (χ1n) is 11.0. The Bertz CT molecular complexity index is 1450. The van der Waals surface area contributed by atoms with Gasteiger partial charge in [0.15, 0.2) is 5.65 Å². The molecule has 1 saturated heterocycles. The molecule has 1 N–H and O–H groups in total. The fourth-order valence-electron chi connectivity index (χ4n) is 4.16. The molecule has 0 radical (unpaired) electrons. The number of alkyl halides is 2. The molecule has 1 aliphatic rings. The predicted octanol–water partition coefficient (Wildman–Crippen LogP) is 3.89. The second-order valence-electron chi connectivity index (χ2n) is 8.21. The Labute approximate surface area is 208 Å². The molecule has 0 saturated carbocycles. The van der Waals surface area contributed by atoms with Crippen LogP contribution in [0.25, 0.3) is 16.9 Å². The predicted molar refractivity (Wildman–Crippen MR) is 126 cm³/mol. The van der Waals surface area contributed by atoms with Crippen molar-refractivity contribution in [1.82, 2.24) is 29.3 Å². The second-order valence-corrected chi connectivity index (χ2v) is 8.64. The zero-order valence-electron chi connectivity index (χ0n) is 18.9. The number of likely N-dealkylation sites (N-methyl/N-ethyl adjacent to an activating group) is 1. The lowest BCUT2D eigenvalue weighted by Crippen LogP contribution is -2.39. The molecule has 1 aliphatic heterocycles. The van der Waals surface area contributed by atoms with Gasteiger partial charge in [-0.1, -0.05) is 11.6 Å². The third-order valence-corrected chi connectivity index (χ3v) is 6.10. The fraction of sp³-hybridized carbons (Fsp3) is 0.261. The maximum Gasteiger partial charge on any atom is 0.387 e. The number of halogens is 3. The average Bonchev–Trinajstić information content (AvgIpc) is 3.46. The molecule has 10 nitrogen and oxygen atoms in total. The number of rotatable bonds is 6. The van der Waals surface area contributed by atoms with Crippen LogP contribution in [0.15, 0.2) is 49.1 Å². The van der Waals surface area contributed by atoms with Crippen LogP contribution in [-0.4, -0.2) is 61.3 Å². The summed E-state index contributed by atoms with van der Waals surface area (Å²) in [4.78, 5) is 31.8. The zero-order valence-corrected chi connectivity index (χ0v) is 19.7. The van der Waals surface area contributed by atoms with Crippen LogP contribution in [0.4, 0.5) is 14.5 Å². The molecular formula is C23H20ClF2N7O3. The molecule has 4 aromatic rings. The van der Waals surface area contributed by atoms with Crippen molar-refractivity contribution in [2.24, 2.45) is 0 Å². The van der Waals surface area contributed by atoms with Gasteiger partial charge in [-0.15, -0.1) is 0 Å². The minimum atomic E-state index is -3.09. The van der Waals surface area contributed by atoms with E-state index in [1.165, 1.54) is 46.0 Å². The van der Waals surface area contributed by atoms with E-state index in [1.807, 2.05) is 0 Å². The van der Waals surface area contributed by atoms with E-state index in [9.17, 15) is 18.4 Å². The third kappa shape index (κ3) is 4.47. The highest BCUT2D eigenvalue weighted by Gasteiger charge is 2.31. The van der Waals surface area contributed by atoms with Gasteiger partial charge in [0.05, 0.1) is 18.1 Å². The van der Waals surface area contributed by atoms with Gasteiger partial charge in [0.1, 0.15) is 23.0 Å². The summed E-state index contributed by atoms with van der Waals surface area (Å²) < 4.78 is 33.8. The van der Waals surface area contributed by atoms with E-state index in [2.05, 4.69) is 25.2 Å². The van der Waals surface area contributed by atoms with Gasteiger partial charge >= 0.3 is 6.61 Å². The van der Waals surface area contributed by atoms with Crippen LogP contribution in [0, 0.1) is 0 Å². The number of nitrogens with zero attached hydrogens (tertiary/aromatic N) is 6. The molecule has 0 aliphatic carbocycles. The van der Waals surface area contributed by atoms with Gasteiger partial charge in [-0.2, -0.15) is 19.0 Å². The summed E-state index contributed by atoms with van der Waals surface area (Å²) in [5, 5.41) is 11.7. The highest BCUT2D eigenvalue weighted by molar-refractivity contribution is 6.31. The molecule has 1 atom stereocenters. The Hall–Kier alpha value is -4.06. The first-order valence-corrected chi connectivity index (χ1v) is 11.4. The van der Waals surface area contributed by atoms with E-state index < -0.39 is 18.6 Å². The number of aromatic nitrogens is 5. The quantitative estimate of drug-likeness (QED) is 0.417. The maximum atomic E-state index is 13.2. The molecule has 13 heteroatoms. The van der Waals surface area contributed by atoms with Crippen molar-refractivity contribution < 1.29 is 23.1 Å². The first-order chi connectivity index (χ1) is 17.3. The molecule has 1 fully saturated rings. The number of hydrogen-bond acceptors (Lipinski definition) is 6. The van der Waals surface area contributed by atoms with Crippen LogP contribution in [0.1, 0.15) is 29.2 Å². The Morgan fingerprint density at radius 3 is 2.97 bits per heavy atom. The van der Waals surface area contributed by atoms with Crippen molar-refractivity contribution in [3.05, 3.63) is 59.6 Å². The molecular weight excluding hydrogens is 496 g/mol. The van der Waals surface area contributed by atoms with Gasteiger partial charge in [0, 0.05) is 36.6 Å². The van der Waals surface area contributed by atoms with Crippen LogP contribution in [0.2, 0.25) is 5.02 Å². The highest BCUT2D eigenvalue weighted by Crippen LogP contribution is 2.38. The first kappa shape index (κ1) is 23.7. The van der Waals surface area contributed by atoms with Crippen LogP contribution >= 0.6 is 11.6 Å². The van der Waals surface area contributed by atoms with Crippen molar-refractivity contribution in [3.8, 4) is 17.0 Å². The van der Waals surface area contributed by atoms with E-state index in [0.717, 1.165) is 6.42 Å². The number of piperidine rings is 1. The molecule has 5 rings (SSSR count). The molecule has 1 aromatic carbocycles. The number of benzene rings is 1. The lowest BCUT2D eigenvalue weighted by molar-refractivity contribution is -0.136. The number of ether oxygens (including phenoxy) is 1. The van der Waals surface area contributed by atoms with Crippen molar-refractivity contribution in [2.45, 2.75) is 25.5 Å². The van der Waals surface area contributed by atoms with Gasteiger partial charge in [0.25, 0.3) is 5.91 Å². The molecule has 3 aromatic heterocycles. The summed E-state index contributed by atoms with van der Waals surface area (Å²) in [6.45, 7) is -2.47. The number of amides is 2. The van der Waals surface area contributed by atoms with Gasteiger partial charge < -0.3 is 15.0 Å². The Morgan fingerprint density at radius 2 is 2.17 bits per heavy atom. The molecule has 4 heterocycles. The number of fused-ring (bicyclic) bond motifs is 1. The van der Waals surface area contributed by atoms with Crippen LogP contribution < -0.4 is 10.1 Å². The number of hydrogen-bond donors (Lipinski definition) is 1. The normalized spacial score (nSPS) is 16.1. The van der Waals surface area contributed by atoms with Crippen LogP contribution in [0.3, 0.4) is 0 Å². The van der Waals surface area contributed by atoms with Crippen molar-refractivity contribution in [1.29, 1.82) is 0 Å². The van der Waals surface area contributed by atoms with Gasteiger partial charge in [-0.3, -0.25) is 14.3 Å². The fourth-order valence-corrected chi connectivity index (χ4v) is 4.33. The van der Waals surface area contributed by atoms with Crippen molar-refractivity contribution in [3.63, 3.8) is 0 Å². The largest absolute Gasteiger partial charge is 0.434 e. The minimum Gasteiger partial charge on any atom is -0.434 e. The monoisotopic (exact) mass is 515 g/mol. The molecule has 186 valence electrons. The molecule has 0 spiro atoms.